The van der Waals surface area contributed by atoms with Crippen molar-refractivity contribution < 1.29 is 44.5 Å². The van der Waals surface area contributed by atoms with Crippen molar-refractivity contribution in [3.05, 3.63) is 0 Å². The van der Waals surface area contributed by atoms with Crippen LogP contribution in [-0.4, -0.2) is 36.5 Å². The number of hydrogen-bond donors (Lipinski definition) is 1. The second-order valence-electron chi connectivity index (χ2n) is 7.75. The molecule has 4 aliphatic carbocycles. The lowest BCUT2D eigenvalue weighted by Crippen LogP contribution is -2.52. The van der Waals surface area contributed by atoms with Crippen molar-refractivity contribution in [2.75, 3.05) is 0 Å². The minimum Gasteiger partial charge on any atom is -0.445 e. The lowest BCUT2D eigenvalue weighted by molar-refractivity contribution is -0.260. The Bertz CT molecular complexity index is 646. The smallest absolute Gasteiger partial charge is 0.432 e. The molecule has 0 aromatic rings. The van der Waals surface area contributed by atoms with Crippen molar-refractivity contribution in [1.82, 2.24) is 0 Å². The molecule has 0 amide bonds. The van der Waals surface area contributed by atoms with Gasteiger partial charge in [-0.2, -0.15) is 30.4 Å². The van der Waals surface area contributed by atoms with Gasteiger partial charge in [-0.05, 0) is 61.7 Å². The molecule has 0 radical (unpaired) electrons. The fourth-order valence-corrected chi connectivity index (χ4v) is 5.66. The van der Waals surface area contributed by atoms with Gasteiger partial charge in [0, 0.05) is 6.42 Å². The van der Waals surface area contributed by atoms with E-state index in [2.05, 4.69) is 4.74 Å². The van der Waals surface area contributed by atoms with E-state index in [1.165, 1.54) is 0 Å². The summed E-state index contributed by atoms with van der Waals surface area (Å²) in [6.45, 7) is 0. The Morgan fingerprint density at radius 1 is 1.00 bits per heavy atom. The molecule has 0 aromatic heterocycles. The zero-order valence-corrected chi connectivity index (χ0v) is 14.4. The summed E-state index contributed by atoms with van der Waals surface area (Å²) in [5.74, 6) is -0.333. The number of carbonyl (C=O) groups is 1. The van der Waals surface area contributed by atoms with Gasteiger partial charge in [-0.3, -0.25) is 9.35 Å². The second-order valence-corrected chi connectivity index (χ2v) is 9.24. The molecule has 5 nitrogen and oxygen atoms in total. The first kappa shape index (κ1) is 19.8. The van der Waals surface area contributed by atoms with E-state index < -0.39 is 40.0 Å². The van der Waals surface area contributed by atoms with E-state index in [1.807, 2.05) is 0 Å². The molecule has 1 N–H and O–H groups in total. The van der Waals surface area contributed by atoms with E-state index in [0.717, 1.165) is 32.1 Å². The first-order valence-electron chi connectivity index (χ1n) is 8.40. The molecule has 4 aliphatic rings. The fourth-order valence-electron chi connectivity index (χ4n) is 5.20. The van der Waals surface area contributed by atoms with Crippen LogP contribution in [-0.2, 0) is 19.6 Å². The van der Waals surface area contributed by atoms with Gasteiger partial charge in [-0.15, -0.1) is 0 Å². The highest BCUT2D eigenvalue weighted by Crippen LogP contribution is 2.57. The number of ether oxygens (including phenoxy) is 1. The molecular formula is C15H19F5O5S. The van der Waals surface area contributed by atoms with E-state index >= 15 is 0 Å². The lowest BCUT2D eigenvalue weighted by atomic mass is 9.51. The van der Waals surface area contributed by atoms with Gasteiger partial charge in [-0.25, -0.2) is 0 Å². The number of alkyl halides is 5. The van der Waals surface area contributed by atoms with Crippen LogP contribution in [0, 0.1) is 29.6 Å². The number of halogens is 5. The average molecular weight is 406 g/mol. The Balaban J connectivity index is 1.71. The Labute approximate surface area is 147 Å². The molecule has 0 heterocycles. The summed E-state index contributed by atoms with van der Waals surface area (Å²) in [5.41, 5.74) is 0. The molecule has 0 spiro atoms. The fraction of sp³-hybridized carbons (Fsp3) is 0.933. The molecule has 0 saturated heterocycles. The summed E-state index contributed by atoms with van der Waals surface area (Å²) in [6, 6.07) is 0. The maximum atomic E-state index is 13.5. The van der Waals surface area contributed by atoms with Gasteiger partial charge >= 0.3 is 27.5 Å². The van der Waals surface area contributed by atoms with Crippen molar-refractivity contribution in [2.24, 2.45) is 29.6 Å². The van der Waals surface area contributed by atoms with Crippen molar-refractivity contribution >= 4 is 16.1 Å². The van der Waals surface area contributed by atoms with Gasteiger partial charge in [0.05, 0.1) is 0 Å². The summed E-state index contributed by atoms with van der Waals surface area (Å²) < 4.78 is 99.0. The van der Waals surface area contributed by atoms with E-state index in [1.54, 1.807) is 0 Å². The first-order chi connectivity index (χ1) is 11.8. The Kier molecular flexibility index (Phi) is 4.78. The lowest BCUT2D eigenvalue weighted by Gasteiger charge is -2.54. The molecule has 150 valence electrons. The van der Waals surface area contributed by atoms with Crippen molar-refractivity contribution in [2.45, 2.75) is 56.1 Å². The van der Waals surface area contributed by atoms with Gasteiger partial charge in [0.2, 0.25) is 0 Å². The monoisotopic (exact) mass is 406 g/mol. The zero-order chi connectivity index (χ0) is 19.5. The molecule has 26 heavy (non-hydrogen) atoms. The quantitative estimate of drug-likeness (QED) is 0.430. The van der Waals surface area contributed by atoms with E-state index in [-0.39, 0.29) is 17.8 Å². The van der Waals surface area contributed by atoms with E-state index in [9.17, 15) is 35.2 Å². The van der Waals surface area contributed by atoms with Gasteiger partial charge in [0.25, 0.3) is 6.10 Å². The maximum absolute atomic E-state index is 13.5. The summed E-state index contributed by atoms with van der Waals surface area (Å²) in [7, 11) is -6.41. The minimum atomic E-state index is -6.41. The molecule has 0 aliphatic heterocycles. The number of rotatable bonds is 5. The molecule has 4 rings (SSSR count). The molecule has 1 atom stereocenters. The van der Waals surface area contributed by atoms with Crippen molar-refractivity contribution in [1.29, 1.82) is 0 Å². The number of hydrogen-bond acceptors (Lipinski definition) is 4. The first-order valence-corrected chi connectivity index (χ1v) is 9.84. The van der Waals surface area contributed by atoms with E-state index in [0.29, 0.717) is 11.8 Å². The van der Waals surface area contributed by atoms with Crippen LogP contribution in [0.3, 0.4) is 0 Å². The Morgan fingerprint density at radius 2 is 1.46 bits per heavy atom. The van der Waals surface area contributed by atoms with Gasteiger partial charge in [-0.1, -0.05) is 0 Å². The minimum absolute atomic E-state index is 0.158. The van der Waals surface area contributed by atoms with E-state index in [4.69, 9.17) is 4.55 Å². The Morgan fingerprint density at radius 3 is 1.85 bits per heavy atom. The van der Waals surface area contributed by atoms with Crippen LogP contribution >= 0.6 is 0 Å². The topological polar surface area (TPSA) is 80.7 Å². The standard InChI is InChI=1S/C15H19F5O5S/c16-14(17,18)13(15(19,20)26(22,23)24)25-12(21)6-11-9-2-7-1-8(4-9)5-10(11)3-7/h7-11,13H,1-6H2,(H,22,23,24). The van der Waals surface area contributed by atoms with Gasteiger partial charge in [0.15, 0.2) is 0 Å². The highest BCUT2D eigenvalue weighted by atomic mass is 32.2. The van der Waals surface area contributed by atoms with Gasteiger partial charge in [0.1, 0.15) is 0 Å². The normalized spacial score (nSPS) is 35.4. The predicted octanol–water partition coefficient (Wildman–Crippen LogP) is 3.40. The summed E-state index contributed by atoms with van der Waals surface area (Å²) in [4.78, 5) is 11.9. The largest absolute Gasteiger partial charge is 0.445 e. The molecular weight excluding hydrogens is 387 g/mol. The van der Waals surface area contributed by atoms with Crippen LogP contribution in [0.25, 0.3) is 0 Å². The maximum Gasteiger partial charge on any atom is 0.432 e. The third-order valence-corrected chi connectivity index (χ3v) is 6.92. The summed E-state index contributed by atoms with van der Waals surface area (Å²) in [6.07, 6.45) is -5.94. The van der Waals surface area contributed by atoms with Crippen LogP contribution in [0.4, 0.5) is 22.0 Å². The summed E-state index contributed by atoms with van der Waals surface area (Å²) >= 11 is 0. The van der Waals surface area contributed by atoms with Crippen LogP contribution in [0.15, 0.2) is 0 Å². The average Bonchev–Trinajstić information content (AvgIpc) is 2.45. The third kappa shape index (κ3) is 3.56. The van der Waals surface area contributed by atoms with Crippen LogP contribution in [0.5, 0.6) is 0 Å². The van der Waals surface area contributed by atoms with Crippen molar-refractivity contribution in [3.8, 4) is 0 Å². The molecule has 4 bridgehead atoms. The molecule has 1 unspecified atom stereocenters. The number of esters is 1. The zero-order valence-electron chi connectivity index (χ0n) is 13.6. The predicted molar refractivity (Wildman–Crippen MR) is 77.6 cm³/mol. The molecule has 4 fully saturated rings. The highest BCUT2D eigenvalue weighted by Gasteiger charge is 2.66. The Hall–Kier alpha value is -0.970. The van der Waals surface area contributed by atoms with Gasteiger partial charge < -0.3 is 4.74 Å². The SMILES string of the molecule is O=C(CC1C2CC3CC(C2)CC1C3)OC(C(F)(F)F)C(F)(F)S(=O)(=O)O. The highest BCUT2D eigenvalue weighted by molar-refractivity contribution is 7.86. The van der Waals surface area contributed by atoms with Crippen molar-refractivity contribution in [3.63, 3.8) is 0 Å². The molecule has 0 aromatic carbocycles. The van der Waals surface area contributed by atoms with Crippen LogP contribution < -0.4 is 0 Å². The molecule has 11 heteroatoms. The van der Waals surface area contributed by atoms with Crippen LogP contribution in [0.2, 0.25) is 0 Å². The molecule has 4 saturated carbocycles. The number of carbonyl (C=O) groups excluding carboxylic acids is 1. The summed E-state index contributed by atoms with van der Waals surface area (Å²) in [5, 5.41) is -5.68. The van der Waals surface area contributed by atoms with Crippen LogP contribution in [0.1, 0.15) is 38.5 Å². The third-order valence-electron chi connectivity index (χ3n) is 6.02. The second kappa shape index (κ2) is 6.29.